The van der Waals surface area contributed by atoms with Gasteiger partial charge < -0.3 is 16.2 Å². The van der Waals surface area contributed by atoms with Crippen molar-refractivity contribution in [2.45, 2.75) is 70.6 Å². The van der Waals surface area contributed by atoms with Gasteiger partial charge in [0.05, 0.1) is 5.69 Å². The summed E-state index contributed by atoms with van der Waals surface area (Å²) in [5, 5.41) is 0. The summed E-state index contributed by atoms with van der Waals surface area (Å²) in [6.07, 6.45) is 12.8. The van der Waals surface area contributed by atoms with Gasteiger partial charge in [0, 0.05) is 11.8 Å². The molecule has 2 aromatic rings. The highest BCUT2D eigenvalue weighted by atomic mass is 16.5. The van der Waals surface area contributed by atoms with Gasteiger partial charge >= 0.3 is 0 Å². The van der Waals surface area contributed by atoms with Crippen LogP contribution in [0, 0.1) is 17.8 Å². The normalized spacial score (nSPS) is 27.5. The van der Waals surface area contributed by atoms with Gasteiger partial charge in [0.2, 0.25) is 0 Å². The topological polar surface area (TPSA) is 61.3 Å². The van der Waals surface area contributed by atoms with Crippen LogP contribution in [0.2, 0.25) is 0 Å². The summed E-state index contributed by atoms with van der Waals surface area (Å²) >= 11 is 0. The van der Waals surface area contributed by atoms with Gasteiger partial charge in [0.1, 0.15) is 5.75 Å². The van der Waals surface area contributed by atoms with Crippen LogP contribution < -0.4 is 16.2 Å². The Hall–Kier alpha value is -2.16. The Morgan fingerprint density at radius 3 is 2.03 bits per heavy atom. The van der Waals surface area contributed by atoms with Gasteiger partial charge in [-0.15, -0.1) is 0 Å². The number of nitrogens with two attached hydrogens (primary N) is 2. The third-order valence-electron chi connectivity index (χ3n) is 7.52. The molecule has 4 N–H and O–H groups in total. The number of rotatable bonds is 5. The molecule has 0 amide bonds. The number of ether oxygens (including phenoxy) is 1. The predicted octanol–water partition coefficient (Wildman–Crippen LogP) is 7.13. The van der Waals surface area contributed by atoms with Crippen LogP contribution in [0.25, 0.3) is 0 Å². The van der Waals surface area contributed by atoms with E-state index in [2.05, 4.69) is 31.2 Å². The van der Waals surface area contributed by atoms with Crippen molar-refractivity contribution >= 4 is 11.4 Å². The molecule has 0 heterocycles. The Balaban J connectivity index is 1.31. The first kappa shape index (κ1) is 20.1. The Labute approximate surface area is 175 Å². The molecule has 0 atom stereocenters. The maximum absolute atomic E-state index is 5.99. The molecule has 3 nitrogen and oxygen atoms in total. The van der Waals surface area contributed by atoms with Gasteiger partial charge in [-0.1, -0.05) is 38.3 Å². The summed E-state index contributed by atoms with van der Waals surface area (Å²) in [4.78, 5) is 0. The lowest BCUT2D eigenvalue weighted by atomic mass is 9.68. The summed E-state index contributed by atoms with van der Waals surface area (Å²) in [6, 6.07) is 13.9. The average molecular weight is 393 g/mol. The van der Waals surface area contributed by atoms with Gasteiger partial charge in [-0.2, -0.15) is 0 Å². The van der Waals surface area contributed by atoms with Crippen molar-refractivity contribution in [2.24, 2.45) is 17.8 Å². The smallest absolute Gasteiger partial charge is 0.152 e. The van der Waals surface area contributed by atoms with E-state index in [1.807, 2.05) is 0 Å². The van der Waals surface area contributed by atoms with Crippen LogP contribution in [0.4, 0.5) is 11.4 Å². The quantitative estimate of drug-likeness (QED) is 0.532. The fraction of sp³-hybridized carbons (Fsp3) is 0.538. The molecule has 0 bridgehead atoms. The van der Waals surface area contributed by atoms with Crippen molar-refractivity contribution in [3.05, 3.63) is 48.0 Å². The van der Waals surface area contributed by atoms with Crippen molar-refractivity contribution in [3.63, 3.8) is 0 Å². The highest BCUT2D eigenvalue weighted by Crippen LogP contribution is 2.44. The lowest BCUT2D eigenvalue weighted by molar-refractivity contribution is 0.158. The van der Waals surface area contributed by atoms with Crippen molar-refractivity contribution in [1.29, 1.82) is 0 Å². The molecular formula is C26H36N2O. The van der Waals surface area contributed by atoms with E-state index >= 15 is 0 Å². The second-order valence-corrected chi connectivity index (χ2v) is 9.27. The van der Waals surface area contributed by atoms with Gasteiger partial charge in [-0.3, -0.25) is 0 Å². The molecule has 0 unspecified atom stereocenters. The number of benzene rings is 2. The monoisotopic (exact) mass is 392 g/mol. The van der Waals surface area contributed by atoms with Crippen LogP contribution in [0.15, 0.2) is 42.5 Å². The van der Waals surface area contributed by atoms with Crippen LogP contribution in [0.3, 0.4) is 0 Å². The fourth-order valence-electron chi connectivity index (χ4n) is 5.57. The highest BCUT2D eigenvalue weighted by Gasteiger charge is 2.30. The molecule has 2 aromatic carbocycles. The third-order valence-corrected chi connectivity index (χ3v) is 7.52. The van der Waals surface area contributed by atoms with Crippen LogP contribution in [-0.2, 0) is 0 Å². The van der Waals surface area contributed by atoms with Gasteiger partial charge in [0.15, 0.2) is 5.75 Å². The largest absolute Gasteiger partial charge is 0.455 e. The molecule has 2 fully saturated rings. The van der Waals surface area contributed by atoms with Crippen LogP contribution >= 0.6 is 0 Å². The van der Waals surface area contributed by atoms with E-state index in [1.54, 1.807) is 18.2 Å². The number of hydrogen-bond acceptors (Lipinski definition) is 3. The van der Waals surface area contributed by atoms with Crippen molar-refractivity contribution in [2.75, 3.05) is 11.5 Å². The zero-order valence-electron chi connectivity index (χ0n) is 17.8. The number of anilines is 2. The molecular weight excluding hydrogens is 356 g/mol. The maximum Gasteiger partial charge on any atom is 0.152 e. The summed E-state index contributed by atoms with van der Waals surface area (Å²) < 4.78 is 5.94. The average Bonchev–Trinajstić information content (AvgIpc) is 2.77. The summed E-state index contributed by atoms with van der Waals surface area (Å²) in [5.41, 5.74) is 14.6. The zero-order chi connectivity index (χ0) is 20.2. The number of hydrogen-bond donors (Lipinski definition) is 2. The predicted molar refractivity (Wildman–Crippen MR) is 122 cm³/mol. The highest BCUT2D eigenvalue weighted by molar-refractivity contribution is 5.60. The third kappa shape index (κ3) is 4.88. The molecule has 29 heavy (non-hydrogen) atoms. The molecule has 2 aliphatic rings. The fourth-order valence-corrected chi connectivity index (χ4v) is 5.57. The Kier molecular flexibility index (Phi) is 6.32. The minimum atomic E-state index is 0.606. The van der Waals surface area contributed by atoms with E-state index in [0.29, 0.717) is 23.0 Å². The summed E-state index contributed by atoms with van der Waals surface area (Å²) in [7, 11) is 0. The molecule has 4 rings (SSSR count). The molecule has 2 saturated carbocycles. The molecule has 0 aliphatic heterocycles. The van der Waals surface area contributed by atoms with Crippen LogP contribution in [0.1, 0.15) is 76.2 Å². The lowest BCUT2D eigenvalue weighted by Crippen LogP contribution is -2.25. The minimum absolute atomic E-state index is 0.606. The Bertz CT molecular complexity index is 785. The van der Waals surface area contributed by atoms with Crippen molar-refractivity contribution in [1.82, 2.24) is 0 Å². The van der Waals surface area contributed by atoms with E-state index in [0.717, 1.165) is 23.5 Å². The van der Waals surface area contributed by atoms with E-state index in [9.17, 15) is 0 Å². The second kappa shape index (κ2) is 9.11. The van der Waals surface area contributed by atoms with Gasteiger partial charge in [-0.25, -0.2) is 0 Å². The Morgan fingerprint density at radius 1 is 0.793 bits per heavy atom. The summed E-state index contributed by atoms with van der Waals surface area (Å²) in [5.74, 6) is 5.11. The van der Waals surface area contributed by atoms with E-state index in [1.165, 1.54) is 63.4 Å². The molecule has 0 radical (unpaired) electrons. The first-order valence-corrected chi connectivity index (χ1v) is 11.5. The maximum atomic E-state index is 5.99. The number of nitrogen functional groups attached to an aromatic ring is 2. The molecule has 0 aromatic heterocycles. The van der Waals surface area contributed by atoms with E-state index < -0.39 is 0 Å². The van der Waals surface area contributed by atoms with E-state index in [4.69, 9.17) is 16.2 Å². The van der Waals surface area contributed by atoms with Crippen molar-refractivity contribution < 1.29 is 4.74 Å². The zero-order valence-corrected chi connectivity index (χ0v) is 17.8. The van der Waals surface area contributed by atoms with E-state index in [-0.39, 0.29) is 0 Å². The standard InChI is InChI=1S/C26H36N2O/c1-2-18-3-5-19(6-4-18)20-7-9-21(10-8-20)22-11-14-24(15-12-22)29-26-17-23(27)13-16-25(26)28/h11-21H,2-10,27-28H2,1H3. The first-order chi connectivity index (χ1) is 14.1. The molecule has 3 heteroatoms. The van der Waals surface area contributed by atoms with Crippen molar-refractivity contribution in [3.8, 4) is 11.5 Å². The summed E-state index contributed by atoms with van der Waals surface area (Å²) in [6.45, 7) is 2.36. The Morgan fingerprint density at radius 2 is 1.41 bits per heavy atom. The van der Waals surface area contributed by atoms with Crippen LogP contribution in [0.5, 0.6) is 11.5 Å². The lowest BCUT2D eigenvalue weighted by Gasteiger charge is -2.38. The van der Waals surface area contributed by atoms with Crippen LogP contribution in [-0.4, -0.2) is 0 Å². The molecule has 156 valence electrons. The first-order valence-electron chi connectivity index (χ1n) is 11.5. The van der Waals surface area contributed by atoms with Gasteiger partial charge in [0.25, 0.3) is 0 Å². The molecule has 0 spiro atoms. The molecule has 0 saturated heterocycles. The second-order valence-electron chi connectivity index (χ2n) is 9.27. The SMILES string of the molecule is CCC1CCC(C2CCC(c3ccc(Oc4cc(N)ccc4N)cc3)CC2)CC1. The van der Waals surface area contributed by atoms with Gasteiger partial charge in [-0.05, 0) is 92.0 Å². The minimum Gasteiger partial charge on any atom is -0.455 e. The molecule has 2 aliphatic carbocycles.